The van der Waals surface area contributed by atoms with Gasteiger partial charge >= 0.3 is 5.76 Å². The molecule has 1 amide bonds. The normalized spacial score (nSPS) is 22.4. The van der Waals surface area contributed by atoms with Crippen molar-refractivity contribution in [2.75, 3.05) is 5.32 Å². The summed E-state index contributed by atoms with van der Waals surface area (Å²) in [7, 11) is 1.64. The molecule has 3 N–H and O–H groups in total. The van der Waals surface area contributed by atoms with Crippen LogP contribution in [0.5, 0.6) is 0 Å². The molecule has 1 fully saturated rings. The second-order valence-corrected chi connectivity index (χ2v) is 5.72. The second-order valence-electron chi connectivity index (χ2n) is 5.72. The average Bonchev–Trinajstić information content (AvgIpc) is 2.74. The smallest absolute Gasteiger partial charge is 0.408 e. The number of amides is 1. The van der Waals surface area contributed by atoms with Gasteiger partial charge < -0.3 is 15.5 Å². The molecular weight excluding hydrogens is 270 g/mol. The minimum absolute atomic E-state index is 0.00186. The van der Waals surface area contributed by atoms with Crippen molar-refractivity contribution in [2.45, 2.75) is 31.7 Å². The lowest BCUT2D eigenvalue weighted by atomic mass is 9.85. The van der Waals surface area contributed by atoms with Crippen molar-refractivity contribution in [3.8, 4) is 0 Å². The number of fused-ring (bicyclic) bond motifs is 1. The Morgan fingerprint density at radius 3 is 3.00 bits per heavy atom. The van der Waals surface area contributed by atoms with E-state index in [1.807, 2.05) is 0 Å². The highest BCUT2D eigenvalue weighted by atomic mass is 16.4. The van der Waals surface area contributed by atoms with E-state index in [1.165, 1.54) is 4.57 Å². The molecule has 1 heterocycles. The van der Waals surface area contributed by atoms with Gasteiger partial charge in [0.1, 0.15) is 0 Å². The van der Waals surface area contributed by atoms with Gasteiger partial charge in [0, 0.05) is 24.7 Å². The Bertz CT molecular complexity index is 731. The van der Waals surface area contributed by atoms with E-state index in [4.69, 9.17) is 10.2 Å². The summed E-state index contributed by atoms with van der Waals surface area (Å²) in [6.07, 6.45) is 3.60. The van der Waals surface area contributed by atoms with Gasteiger partial charge in [-0.15, -0.1) is 0 Å². The summed E-state index contributed by atoms with van der Waals surface area (Å²) in [6, 6.07) is 5.30. The van der Waals surface area contributed by atoms with Gasteiger partial charge in [-0.25, -0.2) is 4.79 Å². The summed E-state index contributed by atoms with van der Waals surface area (Å²) in [5.74, 6) is -0.442. The quantitative estimate of drug-likeness (QED) is 0.878. The van der Waals surface area contributed by atoms with E-state index in [2.05, 4.69) is 5.32 Å². The molecule has 0 spiro atoms. The maximum atomic E-state index is 12.3. The minimum atomic E-state index is -0.410. The van der Waals surface area contributed by atoms with Gasteiger partial charge in [0.2, 0.25) is 5.91 Å². The van der Waals surface area contributed by atoms with Crippen molar-refractivity contribution >= 4 is 22.7 Å². The van der Waals surface area contributed by atoms with Crippen LogP contribution in [0.25, 0.3) is 11.1 Å². The number of carbonyl (C=O) groups excluding carboxylic acids is 1. The fourth-order valence-corrected chi connectivity index (χ4v) is 2.91. The van der Waals surface area contributed by atoms with Gasteiger partial charge in [-0.3, -0.25) is 9.36 Å². The Hall–Kier alpha value is -2.08. The molecule has 0 radical (unpaired) electrons. The fourth-order valence-electron chi connectivity index (χ4n) is 2.91. The lowest BCUT2D eigenvalue weighted by molar-refractivity contribution is -0.120. The molecule has 1 aliphatic carbocycles. The predicted octanol–water partition coefficient (Wildman–Crippen LogP) is 1.59. The van der Waals surface area contributed by atoms with Crippen molar-refractivity contribution in [2.24, 2.45) is 18.7 Å². The molecule has 21 heavy (non-hydrogen) atoms. The Morgan fingerprint density at radius 2 is 2.24 bits per heavy atom. The standard InChI is InChI=1S/C15H19N3O3/c1-18-12-8-11(5-6-13(12)21-15(18)20)17-14(19)9-3-2-4-10(16)7-9/h5-6,8-10H,2-4,7,16H2,1H3,(H,17,19). The van der Waals surface area contributed by atoms with Crippen LogP contribution in [-0.2, 0) is 11.8 Å². The van der Waals surface area contributed by atoms with Gasteiger partial charge in [0.05, 0.1) is 5.52 Å². The molecular formula is C15H19N3O3. The fraction of sp³-hybridized carbons (Fsp3) is 0.467. The lowest BCUT2D eigenvalue weighted by Crippen LogP contribution is -2.34. The monoisotopic (exact) mass is 289 g/mol. The topological polar surface area (TPSA) is 90.3 Å². The third-order valence-electron chi connectivity index (χ3n) is 4.14. The van der Waals surface area contributed by atoms with Crippen molar-refractivity contribution in [3.63, 3.8) is 0 Å². The van der Waals surface area contributed by atoms with E-state index in [1.54, 1.807) is 25.2 Å². The number of oxazole rings is 1. The maximum absolute atomic E-state index is 12.3. The Balaban J connectivity index is 1.79. The van der Waals surface area contributed by atoms with Gasteiger partial charge in [0.15, 0.2) is 5.58 Å². The summed E-state index contributed by atoms with van der Waals surface area (Å²) < 4.78 is 6.49. The van der Waals surface area contributed by atoms with E-state index < -0.39 is 5.76 Å². The number of anilines is 1. The van der Waals surface area contributed by atoms with Gasteiger partial charge in [-0.05, 0) is 37.5 Å². The number of hydrogen-bond acceptors (Lipinski definition) is 4. The van der Waals surface area contributed by atoms with Crippen LogP contribution >= 0.6 is 0 Å². The zero-order valence-corrected chi connectivity index (χ0v) is 12.0. The van der Waals surface area contributed by atoms with E-state index >= 15 is 0 Å². The molecule has 112 valence electrons. The van der Waals surface area contributed by atoms with Crippen molar-refractivity contribution in [1.29, 1.82) is 0 Å². The average molecular weight is 289 g/mol. The van der Waals surface area contributed by atoms with Crippen molar-refractivity contribution in [3.05, 3.63) is 28.7 Å². The number of aryl methyl sites for hydroxylation is 1. The van der Waals surface area contributed by atoms with Gasteiger partial charge in [-0.2, -0.15) is 0 Å². The Morgan fingerprint density at radius 1 is 1.43 bits per heavy atom. The highest BCUT2D eigenvalue weighted by molar-refractivity contribution is 5.94. The molecule has 0 aliphatic heterocycles. The summed E-state index contributed by atoms with van der Waals surface area (Å²) in [5.41, 5.74) is 7.77. The van der Waals surface area contributed by atoms with E-state index in [0.717, 1.165) is 25.7 Å². The molecule has 2 atom stereocenters. The zero-order chi connectivity index (χ0) is 15.0. The van der Waals surface area contributed by atoms with E-state index in [-0.39, 0.29) is 17.9 Å². The largest absolute Gasteiger partial charge is 0.419 e. The third-order valence-corrected chi connectivity index (χ3v) is 4.14. The SMILES string of the molecule is Cn1c(=O)oc2ccc(NC(=O)C3CCCC(N)C3)cc21. The first kappa shape index (κ1) is 13.9. The Labute approximate surface area is 121 Å². The summed E-state index contributed by atoms with van der Waals surface area (Å²) in [6.45, 7) is 0. The molecule has 0 saturated heterocycles. The summed E-state index contributed by atoms with van der Waals surface area (Å²) in [4.78, 5) is 23.7. The molecule has 6 nitrogen and oxygen atoms in total. The molecule has 2 unspecified atom stereocenters. The first-order valence-electron chi connectivity index (χ1n) is 7.20. The van der Waals surface area contributed by atoms with Crippen LogP contribution in [0.3, 0.4) is 0 Å². The number of rotatable bonds is 2. The maximum Gasteiger partial charge on any atom is 0.419 e. The number of aromatic nitrogens is 1. The van der Waals surface area contributed by atoms with Crippen LogP contribution in [-0.4, -0.2) is 16.5 Å². The van der Waals surface area contributed by atoms with Crippen LogP contribution in [0.2, 0.25) is 0 Å². The summed E-state index contributed by atoms with van der Waals surface area (Å²) in [5, 5.41) is 2.91. The molecule has 0 bridgehead atoms. The highest BCUT2D eigenvalue weighted by Gasteiger charge is 2.25. The number of benzene rings is 1. The van der Waals surface area contributed by atoms with E-state index in [9.17, 15) is 9.59 Å². The molecule has 1 aromatic heterocycles. The minimum Gasteiger partial charge on any atom is -0.408 e. The number of nitrogens with two attached hydrogens (primary N) is 1. The summed E-state index contributed by atoms with van der Waals surface area (Å²) >= 11 is 0. The zero-order valence-electron chi connectivity index (χ0n) is 12.0. The van der Waals surface area contributed by atoms with E-state index in [0.29, 0.717) is 16.8 Å². The number of hydrogen-bond donors (Lipinski definition) is 2. The molecule has 6 heteroatoms. The van der Waals surface area contributed by atoms with Crippen molar-refractivity contribution in [1.82, 2.24) is 4.57 Å². The van der Waals surface area contributed by atoms with Gasteiger partial charge in [0.25, 0.3) is 0 Å². The lowest BCUT2D eigenvalue weighted by Gasteiger charge is -2.25. The Kier molecular flexibility index (Phi) is 3.55. The predicted molar refractivity (Wildman–Crippen MR) is 80.0 cm³/mol. The molecule has 1 aliphatic rings. The number of carbonyl (C=O) groups is 1. The van der Waals surface area contributed by atoms with Crippen LogP contribution in [0.4, 0.5) is 5.69 Å². The third kappa shape index (κ3) is 2.71. The molecule has 2 aromatic rings. The molecule has 1 saturated carbocycles. The van der Waals surface area contributed by atoms with Gasteiger partial charge in [-0.1, -0.05) is 6.42 Å². The molecule has 1 aromatic carbocycles. The highest BCUT2D eigenvalue weighted by Crippen LogP contribution is 2.25. The number of nitrogens with zero attached hydrogens (tertiary/aromatic N) is 1. The second kappa shape index (κ2) is 5.37. The number of nitrogens with one attached hydrogen (secondary N) is 1. The molecule has 3 rings (SSSR count). The van der Waals surface area contributed by atoms with Crippen LogP contribution in [0, 0.1) is 5.92 Å². The van der Waals surface area contributed by atoms with Crippen LogP contribution < -0.4 is 16.8 Å². The van der Waals surface area contributed by atoms with Crippen LogP contribution in [0.15, 0.2) is 27.4 Å². The van der Waals surface area contributed by atoms with Crippen molar-refractivity contribution < 1.29 is 9.21 Å². The first-order chi connectivity index (χ1) is 10.0. The van der Waals surface area contributed by atoms with Crippen LogP contribution in [0.1, 0.15) is 25.7 Å². The first-order valence-corrected chi connectivity index (χ1v) is 7.20.